The van der Waals surface area contributed by atoms with Crippen molar-refractivity contribution in [3.63, 3.8) is 0 Å². The van der Waals surface area contributed by atoms with Crippen LogP contribution in [0.1, 0.15) is 27.6 Å². The molecule has 3 N–H and O–H groups in total. The lowest BCUT2D eigenvalue weighted by molar-refractivity contribution is 0.0969. The molecule has 0 aliphatic carbocycles. The number of amides is 2. The van der Waals surface area contributed by atoms with E-state index >= 15 is 0 Å². The number of hydrogen-bond donors (Lipinski definition) is 3. The lowest BCUT2D eigenvalue weighted by Crippen LogP contribution is -2.35. The molecular formula is C26H27N3O5S. The summed E-state index contributed by atoms with van der Waals surface area (Å²) in [4.78, 5) is 25.7. The fraction of sp³-hybridized carbons (Fsp3) is 0.192. The van der Waals surface area contributed by atoms with Gasteiger partial charge in [0.05, 0.1) is 30.0 Å². The topological polar surface area (TPSA) is 97.9 Å². The van der Waals surface area contributed by atoms with Gasteiger partial charge in [0.15, 0.2) is 5.11 Å². The average molecular weight is 494 g/mol. The van der Waals surface area contributed by atoms with Crippen molar-refractivity contribution in [2.24, 2.45) is 0 Å². The zero-order valence-corrected chi connectivity index (χ0v) is 20.3. The highest BCUT2D eigenvalue weighted by molar-refractivity contribution is 7.80. The van der Waals surface area contributed by atoms with Gasteiger partial charge >= 0.3 is 0 Å². The Morgan fingerprint density at radius 3 is 2.20 bits per heavy atom. The zero-order chi connectivity index (χ0) is 25.0. The van der Waals surface area contributed by atoms with Crippen LogP contribution in [0.4, 0.5) is 11.4 Å². The van der Waals surface area contributed by atoms with Gasteiger partial charge in [0, 0.05) is 12.8 Å². The fourth-order valence-electron chi connectivity index (χ4n) is 3.13. The number of carbonyl (C=O) groups excluding carboxylic acids is 2. The molecule has 182 valence electrons. The van der Waals surface area contributed by atoms with E-state index in [1.165, 1.54) is 0 Å². The third-order valence-corrected chi connectivity index (χ3v) is 4.95. The standard InChI is InChI=1S/C26H27N3O5S/c1-3-33-19-14-12-18(13-15-19)27-24(30)20-8-4-6-10-22(20)28-26(35)29-25(31)21-9-5-7-11-23(21)34-17-16-32-2/h4-15H,3,16-17H2,1-2H3,(H,27,30)(H2,28,29,31,35). The van der Waals surface area contributed by atoms with Crippen molar-refractivity contribution in [2.75, 3.05) is 37.6 Å². The smallest absolute Gasteiger partial charge is 0.261 e. The number of nitrogens with one attached hydrogen (secondary N) is 3. The Labute approximate surface area is 209 Å². The molecule has 0 aliphatic rings. The number of carbonyl (C=O) groups is 2. The minimum Gasteiger partial charge on any atom is -0.494 e. The van der Waals surface area contributed by atoms with Crippen LogP contribution in [-0.4, -0.2) is 43.9 Å². The van der Waals surface area contributed by atoms with E-state index < -0.39 is 5.91 Å². The van der Waals surface area contributed by atoms with E-state index in [4.69, 9.17) is 26.4 Å². The Morgan fingerprint density at radius 1 is 0.800 bits per heavy atom. The van der Waals surface area contributed by atoms with Crippen molar-refractivity contribution in [2.45, 2.75) is 6.92 Å². The Kier molecular flexibility index (Phi) is 9.58. The summed E-state index contributed by atoms with van der Waals surface area (Å²) in [5.41, 5.74) is 1.76. The molecule has 9 heteroatoms. The number of anilines is 2. The molecule has 3 aromatic rings. The zero-order valence-electron chi connectivity index (χ0n) is 19.5. The Hall–Kier alpha value is -3.95. The van der Waals surface area contributed by atoms with Crippen molar-refractivity contribution in [1.82, 2.24) is 5.32 Å². The molecule has 0 saturated heterocycles. The molecule has 0 radical (unpaired) electrons. The maximum absolute atomic E-state index is 12.9. The minimum absolute atomic E-state index is 0.0445. The molecule has 0 heterocycles. The number of ether oxygens (including phenoxy) is 3. The van der Waals surface area contributed by atoms with Crippen LogP contribution < -0.4 is 25.4 Å². The predicted molar refractivity (Wildman–Crippen MR) is 140 cm³/mol. The Bertz CT molecular complexity index is 1170. The van der Waals surface area contributed by atoms with Crippen LogP contribution in [0, 0.1) is 0 Å². The largest absolute Gasteiger partial charge is 0.494 e. The molecule has 0 aliphatic heterocycles. The molecule has 2 amide bonds. The SMILES string of the molecule is CCOc1ccc(NC(=O)c2ccccc2NC(=S)NC(=O)c2ccccc2OCCOC)cc1. The molecule has 0 spiro atoms. The predicted octanol–water partition coefficient (Wildman–Crippen LogP) is 4.49. The number of para-hydroxylation sites is 2. The van der Waals surface area contributed by atoms with Crippen LogP contribution in [0.2, 0.25) is 0 Å². The van der Waals surface area contributed by atoms with E-state index in [0.29, 0.717) is 48.1 Å². The van der Waals surface area contributed by atoms with E-state index in [9.17, 15) is 9.59 Å². The molecule has 3 rings (SSSR count). The number of hydrogen-bond acceptors (Lipinski definition) is 6. The van der Waals surface area contributed by atoms with Crippen molar-refractivity contribution in [3.8, 4) is 11.5 Å². The number of thiocarbonyl (C=S) groups is 1. The molecule has 35 heavy (non-hydrogen) atoms. The summed E-state index contributed by atoms with van der Waals surface area (Å²) in [6, 6.07) is 20.8. The van der Waals surface area contributed by atoms with E-state index in [1.807, 2.05) is 6.92 Å². The van der Waals surface area contributed by atoms with Gasteiger partial charge < -0.3 is 24.8 Å². The highest BCUT2D eigenvalue weighted by Crippen LogP contribution is 2.21. The first-order valence-corrected chi connectivity index (χ1v) is 11.4. The quantitative estimate of drug-likeness (QED) is 0.283. The minimum atomic E-state index is -0.438. The highest BCUT2D eigenvalue weighted by Gasteiger charge is 2.16. The fourth-order valence-corrected chi connectivity index (χ4v) is 3.33. The Morgan fingerprint density at radius 2 is 1.49 bits per heavy atom. The average Bonchev–Trinajstić information content (AvgIpc) is 2.86. The molecule has 0 unspecified atom stereocenters. The third kappa shape index (κ3) is 7.53. The Balaban J connectivity index is 1.65. The molecule has 3 aromatic carbocycles. The maximum atomic E-state index is 12.9. The molecule has 0 atom stereocenters. The summed E-state index contributed by atoms with van der Waals surface area (Å²) < 4.78 is 16.0. The van der Waals surface area contributed by atoms with Crippen LogP contribution in [0.3, 0.4) is 0 Å². The first-order chi connectivity index (χ1) is 17.0. The molecule has 0 bridgehead atoms. The number of benzene rings is 3. The lowest BCUT2D eigenvalue weighted by Gasteiger charge is -2.15. The van der Waals surface area contributed by atoms with Gasteiger partial charge in [-0.2, -0.15) is 0 Å². The van der Waals surface area contributed by atoms with E-state index in [-0.39, 0.29) is 11.0 Å². The third-order valence-electron chi connectivity index (χ3n) is 4.75. The molecule has 0 fully saturated rings. The van der Waals surface area contributed by atoms with Crippen molar-refractivity contribution in [1.29, 1.82) is 0 Å². The monoisotopic (exact) mass is 493 g/mol. The second-order valence-electron chi connectivity index (χ2n) is 7.20. The van der Waals surface area contributed by atoms with Crippen molar-refractivity contribution in [3.05, 3.63) is 83.9 Å². The van der Waals surface area contributed by atoms with Crippen LogP contribution >= 0.6 is 12.2 Å². The second-order valence-corrected chi connectivity index (χ2v) is 7.61. The molecular weight excluding hydrogens is 466 g/mol. The lowest BCUT2D eigenvalue weighted by atomic mass is 10.1. The van der Waals surface area contributed by atoms with Gasteiger partial charge in [-0.3, -0.25) is 14.9 Å². The van der Waals surface area contributed by atoms with Crippen LogP contribution in [-0.2, 0) is 4.74 Å². The van der Waals surface area contributed by atoms with Crippen molar-refractivity contribution < 1.29 is 23.8 Å². The van der Waals surface area contributed by atoms with E-state index in [0.717, 1.165) is 5.75 Å². The van der Waals surface area contributed by atoms with Crippen LogP contribution in [0.15, 0.2) is 72.8 Å². The van der Waals surface area contributed by atoms with Gasteiger partial charge in [-0.15, -0.1) is 0 Å². The van der Waals surface area contributed by atoms with Crippen molar-refractivity contribution >= 4 is 40.5 Å². The van der Waals surface area contributed by atoms with Gasteiger partial charge in [0.1, 0.15) is 18.1 Å². The summed E-state index contributed by atoms with van der Waals surface area (Å²) >= 11 is 5.33. The van der Waals surface area contributed by atoms with Gasteiger partial charge in [0.25, 0.3) is 11.8 Å². The van der Waals surface area contributed by atoms with E-state index in [2.05, 4.69) is 16.0 Å². The summed E-state index contributed by atoms with van der Waals surface area (Å²) in [6.07, 6.45) is 0. The highest BCUT2D eigenvalue weighted by atomic mass is 32.1. The first-order valence-electron chi connectivity index (χ1n) is 11.0. The summed E-state index contributed by atoms with van der Waals surface area (Å²) in [6.45, 7) is 3.17. The summed E-state index contributed by atoms with van der Waals surface area (Å²) in [5, 5.41) is 8.46. The van der Waals surface area contributed by atoms with Gasteiger partial charge in [-0.1, -0.05) is 24.3 Å². The molecule has 0 aromatic heterocycles. The number of methoxy groups -OCH3 is 1. The summed E-state index contributed by atoms with van der Waals surface area (Å²) in [7, 11) is 1.57. The van der Waals surface area contributed by atoms with Gasteiger partial charge in [-0.25, -0.2) is 0 Å². The van der Waals surface area contributed by atoms with E-state index in [1.54, 1.807) is 79.9 Å². The van der Waals surface area contributed by atoms with Crippen LogP contribution in [0.25, 0.3) is 0 Å². The summed E-state index contributed by atoms with van der Waals surface area (Å²) in [5.74, 6) is 0.370. The molecule has 0 saturated carbocycles. The first kappa shape index (κ1) is 25.7. The van der Waals surface area contributed by atoms with Gasteiger partial charge in [-0.05, 0) is 67.7 Å². The molecule has 8 nitrogen and oxygen atoms in total. The van der Waals surface area contributed by atoms with Gasteiger partial charge in [0.2, 0.25) is 0 Å². The normalized spacial score (nSPS) is 10.2. The second kappa shape index (κ2) is 13.1. The number of rotatable bonds is 10. The van der Waals surface area contributed by atoms with Crippen LogP contribution in [0.5, 0.6) is 11.5 Å². The maximum Gasteiger partial charge on any atom is 0.261 e.